The maximum absolute atomic E-state index is 12.2. The minimum absolute atomic E-state index is 0.0266. The molecule has 3 rings (SSSR count). The van der Waals surface area contributed by atoms with Gasteiger partial charge < -0.3 is 9.88 Å². The van der Waals surface area contributed by atoms with E-state index in [-0.39, 0.29) is 11.9 Å². The highest BCUT2D eigenvalue weighted by Gasteiger charge is 2.13. The Morgan fingerprint density at radius 3 is 2.46 bits per heavy atom. The SMILES string of the molecule is CC[C@@H](C)NC(=O)c1ccc(CSc2nnc(-c3ccncc3)n2CC)cc1. The van der Waals surface area contributed by atoms with Crippen LogP contribution in [0.2, 0.25) is 0 Å². The van der Waals surface area contributed by atoms with Crippen LogP contribution in [0.25, 0.3) is 11.4 Å². The van der Waals surface area contributed by atoms with Gasteiger partial charge in [0.1, 0.15) is 0 Å². The predicted octanol–water partition coefficient (Wildman–Crippen LogP) is 4.18. The molecule has 1 amide bonds. The van der Waals surface area contributed by atoms with Crippen molar-refractivity contribution in [3.63, 3.8) is 0 Å². The highest BCUT2D eigenvalue weighted by molar-refractivity contribution is 7.98. The molecule has 146 valence electrons. The highest BCUT2D eigenvalue weighted by Crippen LogP contribution is 2.26. The Kier molecular flexibility index (Phi) is 6.81. The lowest BCUT2D eigenvalue weighted by Crippen LogP contribution is -2.31. The molecule has 28 heavy (non-hydrogen) atoms. The molecule has 0 radical (unpaired) electrons. The summed E-state index contributed by atoms with van der Waals surface area (Å²) < 4.78 is 2.11. The van der Waals surface area contributed by atoms with Gasteiger partial charge in [0, 0.05) is 41.9 Å². The Morgan fingerprint density at radius 2 is 1.82 bits per heavy atom. The van der Waals surface area contributed by atoms with E-state index in [1.54, 1.807) is 24.2 Å². The number of amides is 1. The smallest absolute Gasteiger partial charge is 0.251 e. The van der Waals surface area contributed by atoms with Crippen LogP contribution in [0.4, 0.5) is 0 Å². The van der Waals surface area contributed by atoms with Crippen molar-refractivity contribution in [3.8, 4) is 11.4 Å². The van der Waals surface area contributed by atoms with Crippen molar-refractivity contribution in [1.82, 2.24) is 25.1 Å². The zero-order valence-corrected chi connectivity index (χ0v) is 17.2. The van der Waals surface area contributed by atoms with E-state index in [0.29, 0.717) is 5.56 Å². The fourth-order valence-corrected chi connectivity index (χ4v) is 3.66. The highest BCUT2D eigenvalue weighted by atomic mass is 32.2. The first-order valence-corrected chi connectivity index (χ1v) is 10.5. The van der Waals surface area contributed by atoms with Gasteiger partial charge in [0.05, 0.1) is 0 Å². The lowest BCUT2D eigenvalue weighted by atomic mass is 10.1. The molecule has 0 spiro atoms. The molecule has 0 aliphatic carbocycles. The van der Waals surface area contributed by atoms with Gasteiger partial charge in [0.25, 0.3) is 5.91 Å². The summed E-state index contributed by atoms with van der Waals surface area (Å²) in [5.41, 5.74) is 2.83. The van der Waals surface area contributed by atoms with Gasteiger partial charge in [-0.2, -0.15) is 0 Å². The van der Waals surface area contributed by atoms with Crippen LogP contribution in [-0.2, 0) is 12.3 Å². The van der Waals surface area contributed by atoms with E-state index in [1.807, 2.05) is 43.3 Å². The van der Waals surface area contributed by atoms with Gasteiger partial charge in [-0.3, -0.25) is 9.78 Å². The molecule has 3 aromatic rings. The van der Waals surface area contributed by atoms with Crippen molar-refractivity contribution in [2.24, 2.45) is 0 Å². The van der Waals surface area contributed by atoms with Crippen LogP contribution in [0.15, 0.2) is 53.9 Å². The second-order valence-electron chi connectivity index (χ2n) is 6.55. The number of nitrogens with zero attached hydrogens (tertiary/aromatic N) is 4. The molecule has 2 aromatic heterocycles. The van der Waals surface area contributed by atoms with Crippen LogP contribution in [0.5, 0.6) is 0 Å². The Morgan fingerprint density at radius 1 is 1.11 bits per heavy atom. The molecule has 7 heteroatoms. The van der Waals surface area contributed by atoms with E-state index in [1.165, 1.54) is 0 Å². The molecular formula is C21H25N5OS. The van der Waals surface area contributed by atoms with Gasteiger partial charge in [-0.05, 0) is 50.1 Å². The summed E-state index contributed by atoms with van der Waals surface area (Å²) >= 11 is 1.64. The molecular weight excluding hydrogens is 370 g/mol. The van der Waals surface area contributed by atoms with Crippen LogP contribution in [0, 0.1) is 0 Å². The van der Waals surface area contributed by atoms with Gasteiger partial charge in [-0.1, -0.05) is 30.8 Å². The lowest BCUT2D eigenvalue weighted by molar-refractivity contribution is 0.0939. The van der Waals surface area contributed by atoms with Gasteiger partial charge in [-0.15, -0.1) is 10.2 Å². The number of nitrogens with one attached hydrogen (secondary N) is 1. The van der Waals surface area contributed by atoms with E-state index >= 15 is 0 Å². The molecule has 0 saturated heterocycles. The third-order valence-electron chi connectivity index (χ3n) is 4.55. The summed E-state index contributed by atoms with van der Waals surface area (Å²) in [5, 5.41) is 12.6. The molecule has 1 atom stereocenters. The number of benzene rings is 1. The van der Waals surface area contributed by atoms with Crippen molar-refractivity contribution in [2.75, 3.05) is 0 Å². The molecule has 1 N–H and O–H groups in total. The van der Waals surface area contributed by atoms with Crippen molar-refractivity contribution in [1.29, 1.82) is 0 Å². The summed E-state index contributed by atoms with van der Waals surface area (Å²) in [6, 6.07) is 11.8. The average Bonchev–Trinajstić information content (AvgIpc) is 3.16. The monoisotopic (exact) mass is 395 g/mol. The predicted molar refractivity (Wildman–Crippen MR) is 112 cm³/mol. The van der Waals surface area contributed by atoms with E-state index in [9.17, 15) is 4.79 Å². The largest absolute Gasteiger partial charge is 0.350 e. The topological polar surface area (TPSA) is 72.7 Å². The maximum Gasteiger partial charge on any atom is 0.251 e. The van der Waals surface area contributed by atoms with Crippen LogP contribution in [0.1, 0.15) is 43.1 Å². The van der Waals surface area contributed by atoms with E-state index in [4.69, 9.17) is 0 Å². The van der Waals surface area contributed by atoms with Crippen molar-refractivity contribution in [3.05, 3.63) is 59.9 Å². The van der Waals surface area contributed by atoms with E-state index < -0.39 is 0 Å². The number of pyridine rings is 1. The van der Waals surface area contributed by atoms with E-state index in [2.05, 4.69) is 38.9 Å². The van der Waals surface area contributed by atoms with Crippen molar-refractivity contribution < 1.29 is 4.79 Å². The number of rotatable bonds is 8. The fourth-order valence-electron chi connectivity index (χ4n) is 2.70. The van der Waals surface area contributed by atoms with Gasteiger partial charge in [-0.25, -0.2) is 0 Å². The average molecular weight is 396 g/mol. The van der Waals surface area contributed by atoms with Crippen LogP contribution in [0.3, 0.4) is 0 Å². The fraction of sp³-hybridized carbons (Fsp3) is 0.333. The number of hydrogen-bond donors (Lipinski definition) is 1. The van der Waals surface area contributed by atoms with Crippen LogP contribution >= 0.6 is 11.8 Å². The quantitative estimate of drug-likeness (QED) is 0.579. The number of aromatic nitrogens is 4. The molecule has 0 bridgehead atoms. The molecule has 0 aliphatic heterocycles. The first-order chi connectivity index (χ1) is 13.6. The number of thioether (sulfide) groups is 1. The Bertz CT molecular complexity index is 908. The third kappa shape index (κ3) is 4.78. The minimum atomic E-state index is -0.0266. The van der Waals surface area contributed by atoms with Crippen LogP contribution in [-0.4, -0.2) is 31.7 Å². The van der Waals surface area contributed by atoms with Crippen LogP contribution < -0.4 is 5.32 Å². The second-order valence-corrected chi connectivity index (χ2v) is 7.50. The Labute approximate surface area is 169 Å². The maximum atomic E-state index is 12.2. The summed E-state index contributed by atoms with van der Waals surface area (Å²) in [7, 11) is 0. The number of carbonyl (C=O) groups is 1. The molecule has 2 heterocycles. The first kappa shape index (κ1) is 20.1. The molecule has 6 nitrogen and oxygen atoms in total. The summed E-state index contributed by atoms with van der Waals surface area (Å²) in [5.74, 6) is 1.59. The zero-order chi connectivity index (χ0) is 19.9. The molecule has 0 unspecified atom stereocenters. The number of hydrogen-bond acceptors (Lipinski definition) is 5. The Balaban J connectivity index is 1.66. The van der Waals surface area contributed by atoms with Gasteiger partial charge in [0.2, 0.25) is 0 Å². The zero-order valence-electron chi connectivity index (χ0n) is 16.4. The standard InChI is InChI=1S/C21H25N5OS/c1-4-15(3)23-20(27)18-8-6-16(7-9-18)14-28-21-25-24-19(26(21)5-2)17-10-12-22-13-11-17/h6-13,15H,4-5,14H2,1-3H3,(H,23,27)/t15-/m1/s1. The molecule has 0 saturated carbocycles. The summed E-state index contributed by atoms with van der Waals surface area (Å²) in [4.78, 5) is 16.2. The van der Waals surface area contributed by atoms with Gasteiger partial charge in [0.15, 0.2) is 11.0 Å². The molecule has 0 fully saturated rings. The minimum Gasteiger partial charge on any atom is -0.350 e. The molecule has 0 aliphatic rings. The van der Waals surface area contributed by atoms with Crippen molar-refractivity contribution in [2.45, 2.75) is 50.7 Å². The molecule has 1 aromatic carbocycles. The second kappa shape index (κ2) is 9.50. The first-order valence-electron chi connectivity index (χ1n) is 9.48. The van der Waals surface area contributed by atoms with Crippen molar-refractivity contribution >= 4 is 17.7 Å². The Hall–Kier alpha value is -2.67. The summed E-state index contributed by atoms with van der Waals surface area (Å²) in [6.45, 7) is 6.94. The van der Waals surface area contributed by atoms with Gasteiger partial charge >= 0.3 is 0 Å². The lowest BCUT2D eigenvalue weighted by Gasteiger charge is -2.11. The summed E-state index contributed by atoms with van der Waals surface area (Å²) in [6.07, 6.45) is 4.44. The third-order valence-corrected chi connectivity index (χ3v) is 5.58. The number of carbonyl (C=O) groups excluding carboxylic acids is 1. The van der Waals surface area contributed by atoms with E-state index in [0.717, 1.165) is 40.8 Å². The normalized spacial score (nSPS) is 12.0.